The Morgan fingerprint density at radius 3 is 2.58 bits per heavy atom. The van der Waals surface area contributed by atoms with Crippen LogP contribution < -0.4 is 5.32 Å². The molecule has 0 spiro atoms. The van der Waals surface area contributed by atoms with Gasteiger partial charge in [0, 0.05) is 6.04 Å². The van der Waals surface area contributed by atoms with Gasteiger partial charge in [-0.3, -0.25) is 0 Å². The Balaban J connectivity index is 2.02. The van der Waals surface area contributed by atoms with Gasteiger partial charge in [0.2, 0.25) is 0 Å². The number of hydrogen-bond donors (Lipinski definition) is 1. The molecule has 0 aliphatic heterocycles. The molecule has 1 nitrogen and oxygen atoms in total. The Morgan fingerprint density at radius 2 is 1.95 bits per heavy atom. The highest BCUT2D eigenvalue weighted by Crippen LogP contribution is 2.35. The molecule has 4 atom stereocenters. The van der Waals surface area contributed by atoms with E-state index in [0.29, 0.717) is 12.0 Å². The normalized spacial score (nSPS) is 29.2. The predicted molar refractivity (Wildman–Crippen MR) is 78.6 cm³/mol. The van der Waals surface area contributed by atoms with Gasteiger partial charge < -0.3 is 5.32 Å². The summed E-state index contributed by atoms with van der Waals surface area (Å²) in [6.45, 7) is 4.71. The van der Waals surface area contributed by atoms with Crippen LogP contribution in [0.2, 0.25) is 0 Å². The van der Waals surface area contributed by atoms with Gasteiger partial charge >= 0.3 is 0 Å². The molecule has 106 valence electrons. The summed E-state index contributed by atoms with van der Waals surface area (Å²) in [5.41, 5.74) is 0.841. The van der Waals surface area contributed by atoms with E-state index in [1.54, 1.807) is 12.1 Å². The summed E-state index contributed by atoms with van der Waals surface area (Å²) in [5, 5.41) is 3.42. The summed E-state index contributed by atoms with van der Waals surface area (Å²) in [6, 6.07) is 7.56. The lowest BCUT2D eigenvalue weighted by molar-refractivity contribution is 0.173. The van der Waals surface area contributed by atoms with Crippen LogP contribution >= 0.6 is 0 Å². The van der Waals surface area contributed by atoms with Gasteiger partial charge in [0.25, 0.3) is 0 Å². The first-order valence-corrected chi connectivity index (χ1v) is 7.52. The van der Waals surface area contributed by atoms with E-state index in [4.69, 9.17) is 0 Å². The van der Waals surface area contributed by atoms with Gasteiger partial charge in [-0.15, -0.1) is 0 Å². The van der Waals surface area contributed by atoms with Crippen molar-refractivity contribution in [3.63, 3.8) is 0 Å². The maximum atomic E-state index is 13.8. The molecule has 1 aliphatic rings. The molecule has 19 heavy (non-hydrogen) atoms. The largest absolute Gasteiger partial charge is 0.316 e. The van der Waals surface area contributed by atoms with Crippen molar-refractivity contribution in [2.75, 3.05) is 7.05 Å². The minimum absolute atomic E-state index is 0.0695. The zero-order valence-electron chi connectivity index (χ0n) is 12.3. The van der Waals surface area contributed by atoms with Crippen molar-refractivity contribution in [1.29, 1.82) is 0 Å². The molecule has 0 radical (unpaired) electrons. The number of likely N-dealkylation sites (N-methyl/N-ethyl adjacent to an activating group) is 1. The van der Waals surface area contributed by atoms with E-state index in [-0.39, 0.29) is 5.82 Å². The molecule has 1 fully saturated rings. The monoisotopic (exact) mass is 263 g/mol. The van der Waals surface area contributed by atoms with Crippen molar-refractivity contribution in [2.45, 2.75) is 45.6 Å². The van der Waals surface area contributed by atoms with Crippen LogP contribution in [0.3, 0.4) is 0 Å². The Kier molecular flexibility index (Phi) is 4.98. The SMILES string of the molecule is CNC(Cc1ccccc1F)C1CCC(C)C(C)C1. The first-order valence-electron chi connectivity index (χ1n) is 7.52. The van der Waals surface area contributed by atoms with Gasteiger partial charge in [0.05, 0.1) is 0 Å². The molecule has 0 saturated heterocycles. The number of hydrogen-bond acceptors (Lipinski definition) is 1. The predicted octanol–water partition coefficient (Wildman–Crippen LogP) is 4.03. The molecule has 0 amide bonds. The summed E-state index contributed by atoms with van der Waals surface area (Å²) in [7, 11) is 2.01. The minimum atomic E-state index is -0.0695. The summed E-state index contributed by atoms with van der Waals surface area (Å²) in [4.78, 5) is 0. The summed E-state index contributed by atoms with van der Waals surface area (Å²) in [6.07, 6.45) is 4.64. The van der Waals surface area contributed by atoms with Crippen LogP contribution in [0, 0.1) is 23.6 Å². The third-order valence-corrected chi connectivity index (χ3v) is 4.98. The average Bonchev–Trinajstić information content (AvgIpc) is 2.41. The number of rotatable bonds is 4. The van der Waals surface area contributed by atoms with Crippen molar-refractivity contribution in [1.82, 2.24) is 5.32 Å². The maximum Gasteiger partial charge on any atom is 0.126 e. The molecular weight excluding hydrogens is 237 g/mol. The van der Waals surface area contributed by atoms with Crippen molar-refractivity contribution in [3.8, 4) is 0 Å². The van der Waals surface area contributed by atoms with Gasteiger partial charge in [-0.2, -0.15) is 0 Å². The fraction of sp³-hybridized carbons (Fsp3) is 0.647. The molecule has 0 heterocycles. The Morgan fingerprint density at radius 1 is 1.21 bits per heavy atom. The zero-order chi connectivity index (χ0) is 13.8. The maximum absolute atomic E-state index is 13.8. The van der Waals surface area contributed by atoms with Crippen LogP contribution in [0.15, 0.2) is 24.3 Å². The van der Waals surface area contributed by atoms with Gasteiger partial charge in [0.1, 0.15) is 5.82 Å². The lowest BCUT2D eigenvalue weighted by atomic mass is 9.72. The third kappa shape index (κ3) is 3.56. The highest BCUT2D eigenvalue weighted by atomic mass is 19.1. The second-order valence-electron chi connectivity index (χ2n) is 6.22. The van der Waals surface area contributed by atoms with Crippen molar-refractivity contribution in [2.24, 2.45) is 17.8 Å². The third-order valence-electron chi connectivity index (χ3n) is 4.98. The zero-order valence-corrected chi connectivity index (χ0v) is 12.3. The number of halogens is 1. The summed E-state index contributed by atoms with van der Waals surface area (Å²) in [5.74, 6) is 2.23. The van der Waals surface area contributed by atoms with E-state index in [1.807, 2.05) is 19.2 Å². The Hall–Kier alpha value is -0.890. The fourth-order valence-corrected chi connectivity index (χ4v) is 3.36. The second-order valence-corrected chi connectivity index (χ2v) is 6.22. The van der Waals surface area contributed by atoms with E-state index in [1.165, 1.54) is 19.3 Å². The van der Waals surface area contributed by atoms with Gasteiger partial charge in [-0.05, 0) is 55.7 Å². The van der Waals surface area contributed by atoms with Crippen LogP contribution in [0.1, 0.15) is 38.7 Å². The minimum Gasteiger partial charge on any atom is -0.316 e. The molecule has 1 N–H and O–H groups in total. The number of nitrogens with one attached hydrogen (secondary N) is 1. The lowest BCUT2D eigenvalue weighted by Crippen LogP contribution is -2.39. The molecule has 0 bridgehead atoms. The average molecular weight is 263 g/mol. The molecule has 2 heteroatoms. The topological polar surface area (TPSA) is 12.0 Å². The van der Waals surface area contributed by atoms with Gasteiger partial charge in [-0.25, -0.2) is 4.39 Å². The van der Waals surface area contributed by atoms with E-state index in [0.717, 1.165) is 23.8 Å². The molecule has 1 aliphatic carbocycles. The molecule has 0 aromatic heterocycles. The van der Waals surface area contributed by atoms with Crippen molar-refractivity contribution >= 4 is 0 Å². The van der Waals surface area contributed by atoms with Crippen LogP contribution in [-0.4, -0.2) is 13.1 Å². The smallest absolute Gasteiger partial charge is 0.126 e. The van der Waals surface area contributed by atoms with Crippen molar-refractivity contribution in [3.05, 3.63) is 35.6 Å². The molecule has 1 saturated carbocycles. The first-order chi connectivity index (χ1) is 9.11. The van der Waals surface area contributed by atoms with Crippen LogP contribution in [0.4, 0.5) is 4.39 Å². The van der Waals surface area contributed by atoms with E-state index < -0.39 is 0 Å². The van der Waals surface area contributed by atoms with Crippen LogP contribution in [-0.2, 0) is 6.42 Å². The van der Waals surface area contributed by atoms with Gasteiger partial charge in [0.15, 0.2) is 0 Å². The fourth-order valence-electron chi connectivity index (χ4n) is 3.36. The summed E-state index contributed by atoms with van der Waals surface area (Å²) < 4.78 is 13.8. The van der Waals surface area contributed by atoms with Gasteiger partial charge in [-0.1, -0.05) is 38.5 Å². The Labute approximate surface area is 116 Å². The van der Waals surface area contributed by atoms with Crippen molar-refractivity contribution < 1.29 is 4.39 Å². The van der Waals surface area contributed by atoms with E-state index >= 15 is 0 Å². The highest BCUT2D eigenvalue weighted by Gasteiger charge is 2.29. The first kappa shape index (κ1) is 14.5. The lowest BCUT2D eigenvalue weighted by Gasteiger charge is -2.36. The highest BCUT2D eigenvalue weighted by molar-refractivity contribution is 5.18. The number of benzene rings is 1. The second kappa shape index (κ2) is 6.51. The summed E-state index contributed by atoms with van der Waals surface area (Å²) >= 11 is 0. The van der Waals surface area contributed by atoms with Crippen LogP contribution in [0.5, 0.6) is 0 Å². The molecule has 4 unspecified atom stereocenters. The van der Waals surface area contributed by atoms with E-state index in [9.17, 15) is 4.39 Å². The quantitative estimate of drug-likeness (QED) is 0.865. The molecular formula is C17H26FN. The molecule has 1 aromatic carbocycles. The molecule has 2 rings (SSSR count). The van der Waals surface area contributed by atoms with E-state index in [2.05, 4.69) is 19.2 Å². The standard InChI is InChI=1S/C17H26FN/c1-12-8-9-15(10-13(12)2)17(19-3)11-14-6-4-5-7-16(14)18/h4-7,12-13,15,17,19H,8-11H2,1-3H3. The Bertz CT molecular complexity index is 404. The van der Waals surface area contributed by atoms with Crippen LogP contribution in [0.25, 0.3) is 0 Å². The molecule has 1 aromatic rings.